The molecule has 0 heterocycles. The molecule has 2 aromatic rings. The first kappa shape index (κ1) is 15.7. The van der Waals surface area contributed by atoms with Gasteiger partial charge in [-0.1, -0.05) is 37.3 Å². The van der Waals surface area contributed by atoms with Crippen LogP contribution in [0.2, 0.25) is 0 Å². The summed E-state index contributed by atoms with van der Waals surface area (Å²) in [4.78, 5) is 13.8. The fourth-order valence-electron chi connectivity index (χ4n) is 2.10. The average Bonchev–Trinajstić information content (AvgIpc) is 2.50. The summed E-state index contributed by atoms with van der Waals surface area (Å²) in [5, 5.41) is 0. The standard InChI is InChI=1S/C17H17BrFNO/c1-3-12-7-9-13(10-8-12)11-20(2)17(21)14-5-4-6-15(18)16(14)19/h4-10H,3,11H2,1-2H3. The van der Waals surface area contributed by atoms with E-state index < -0.39 is 5.82 Å². The number of aryl methyl sites for hydroxylation is 1. The molecule has 0 aliphatic carbocycles. The Balaban J connectivity index is 2.13. The monoisotopic (exact) mass is 349 g/mol. The van der Waals surface area contributed by atoms with Crippen LogP contribution in [0.3, 0.4) is 0 Å². The summed E-state index contributed by atoms with van der Waals surface area (Å²) >= 11 is 3.10. The maximum atomic E-state index is 14.0. The molecule has 0 aliphatic heterocycles. The van der Waals surface area contributed by atoms with Crippen LogP contribution in [-0.4, -0.2) is 17.9 Å². The Kier molecular flexibility index (Phi) is 5.12. The zero-order valence-corrected chi connectivity index (χ0v) is 13.7. The van der Waals surface area contributed by atoms with E-state index in [2.05, 4.69) is 22.9 Å². The molecule has 0 radical (unpaired) electrons. The smallest absolute Gasteiger partial charge is 0.256 e. The van der Waals surface area contributed by atoms with Crippen LogP contribution in [0.5, 0.6) is 0 Å². The number of halogens is 2. The van der Waals surface area contributed by atoms with Crippen LogP contribution in [0.15, 0.2) is 46.9 Å². The molecule has 0 N–H and O–H groups in total. The minimum Gasteiger partial charge on any atom is -0.337 e. The van der Waals surface area contributed by atoms with Gasteiger partial charge in [-0.2, -0.15) is 0 Å². The van der Waals surface area contributed by atoms with Crippen molar-refractivity contribution in [2.45, 2.75) is 19.9 Å². The van der Waals surface area contributed by atoms with Crippen LogP contribution in [0.1, 0.15) is 28.4 Å². The maximum Gasteiger partial charge on any atom is 0.256 e. The summed E-state index contributed by atoms with van der Waals surface area (Å²) in [7, 11) is 1.68. The van der Waals surface area contributed by atoms with Crippen molar-refractivity contribution in [1.29, 1.82) is 0 Å². The van der Waals surface area contributed by atoms with Crippen molar-refractivity contribution < 1.29 is 9.18 Å². The van der Waals surface area contributed by atoms with Crippen molar-refractivity contribution in [1.82, 2.24) is 4.90 Å². The molecule has 2 aromatic carbocycles. The third-order valence-corrected chi connectivity index (χ3v) is 3.99. The van der Waals surface area contributed by atoms with Gasteiger partial charge < -0.3 is 4.90 Å². The van der Waals surface area contributed by atoms with Crippen LogP contribution in [0.4, 0.5) is 4.39 Å². The third-order valence-electron chi connectivity index (χ3n) is 3.38. The summed E-state index contributed by atoms with van der Waals surface area (Å²) in [5.41, 5.74) is 2.36. The molecule has 0 spiro atoms. The molecule has 0 aliphatic rings. The molecule has 0 saturated heterocycles. The summed E-state index contributed by atoms with van der Waals surface area (Å²) < 4.78 is 14.3. The molecule has 0 unspecified atom stereocenters. The van der Waals surface area contributed by atoms with Gasteiger partial charge in [0.1, 0.15) is 5.82 Å². The number of hydrogen-bond donors (Lipinski definition) is 0. The van der Waals surface area contributed by atoms with Gasteiger partial charge in [-0.3, -0.25) is 4.79 Å². The van der Waals surface area contributed by atoms with Gasteiger partial charge in [-0.15, -0.1) is 0 Å². The highest BCUT2D eigenvalue weighted by molar-refractivity contribution is 9.10. The fraction of sp³-hybridized carbons (Fsp3) is 0.235. The number of hydrogen-bond acceptors (Lipinski definition) is 1. The van der Waals surface area contributed by atoms with E-state index in [9.17, 15) is 9.18 Å². The number of amides is 1. The van der Waals surface area contributed by atoms with Gasteiger partial charge in [-0.05, 0) is 45.6 Å². The maximum absolute atomic E-state index is 14.0. The molecule has 1 amide bonds. The van der Waals surface area contributed by atoms with Crippen LogP contribution in [-0.2, 0) is 13.0 Å². The van der Waals surface area contributed by atoms with E-state index in [0.29, 0.717) is 11.0 Å². The van der Waals surface area contributed by atoms with Crippen LogP contribution >= 0.6 is 15.9 Å². The number of rotatable bonds is 4. The van der Waals surface area contributed by atoms with Crippen molar-refractivity contribution >= 4 is 21.8 Å². The first-order valence-corrected chi connectivity index (χ1v) is 7.59. The van der Waals surface area contributed by atoms with Crippen molar-refractivity contribution in [3.05, 3.63) is 69.4 Å². The van der Waals surface area contributed by atoms with Crippen LogP contribution in [0, 0.1) is 5.82 Å². The minimum atomic E-state index is -0.518. The van der Waals surface area contributed by atoms with Crippen molar-refractivity contribution in [2.75, 3.05) is 7.05 Å². The normalized spacial score (nSPS) is 10.5. The molecule has 0 bridgehead atoms. The van der Waals surface area contributed by atoms with Crippen LogP contribution < -0.4 is 0 Å². The van der Waals surface area contributed by atoms with E-state index in [0.717, 1.165) is 12.0 Å². The topological polar surface area (TPSA) is 20.3 Å². The third kappa shape index (κ3) is 3.70. The van der Waals surface area contributed by atoms with Gasteiger partial charge in [0, 0.05) is 13.6 Å². The molecule has 110 valence electrons. The second kappa shape index (κ2) is 6.85. The van der Waals surface area contributed by atoms with E-state index in [-0.39, 0.29) is 11.5 Å². The number of nitrogens with zero attached hydrogens (tertiary/aromatic N) is 1. The zero-order valence-electron chi connectivity index (χ0n) is 12.1. The zero-order chi connectivity index (χ0) is 15.4. The van der Waals surface area contributed by atoms with E-state index in [1.807, 2.05) is 24.3 Å². The van der Waals surface area contributed by atoms with Gasteiger partial charge in [0.2, 0.25) is 0 Å². The molecule has 0 fully saturated rings. The van der Waals surface area contributed by atoms with E-state index in [1.165, 1.54) is 16.5 Å². The molecule has 2 rings (SSSR count). The predicted octanol–water partition coefficient (Wildman–Crippen LogP) is 4.42. The molecule has 0 atom stereocenters. The number of carbonyl (C=O) groups excluding carboxylic acids is 1. The van der Waals surface area contributed by atoms with Gasteiger partial charge in [0.25, 0.3) is 5.91 Å². The Bertz CT molecular complexity index is 640. The number of benzene rings is 2. The Morgan fingerprint density at radius 3 is 2.38 bits per heavy atom. The predicted molar refractivity (Wildman–Crippen MR) is 85.7 cm³/mol. The quantitative estimate of drug-likeness (QED) is 0.799. The fourth-order valence-corrected chi connectivity index (χ4v) is 2.47. The summed E-state index contributed by atoms with van der Waals surface area (Å²) in [6.45, 7) is 2.55. The summed E-state index contributed by atoms with van der Waals surface area (Å²) in [6, 6.07) is 12.8. The second-order valence-corrected chi connectivity index (χ2v) is 5.79. The van der Waals surface area contributed by atoms with E-state index in [1.54, 1.807) is 19.2 Å². The van der Waals surface area contributed by atoms with E-state index in [4.69, 9.17) is 0 Å². The SMILES string of the molecule is CCc1ccc(CN(C)C(=O)c2cccc(Br)c2F)cc1. The lowest BCUT2D eigenvalue weighted by atomic mass is 10.1. The molecular weight excluding hydrogens is 333 g/mol. The van der Waals surface area contributed by atoms with Gasteiger partial charge >= 0.3 is 0 Å². The van der Waals surface area contributed by atoms with Crippen LogP contribution in [0.25, 0.3) is 0 Å². The van der Waals surface area contributed by atoms with Gasteiger partial charge in [-0.25, -0.2) is 4.39 Å². The first-order valence-electron chi connectivity index (χ1n) is 6.80. The highest BCUT2D eigenvalue weighted by Crippen LogP contribution is 2.20. The van der Waals surface area contributed by atoms with Crippen molar-refractivity contribution in [3.8, 4) is 0 Å². The lowest BCUT2D eigenvalue weighted by Gasteiger charge is -2.18. The average molecular weight is 350 g/mol. The second-order valence-electron chi connectivity index (χ2n) is 4.93. The van der Waals surface area contributed by atoms with E-state index >= 15 is 0 Å². The minimum absolute atomic E-state index is 0.0806. The molecule has 21 heavy (non-hydrogen) atoms. The molecule has 0 saturated carbocycles. The molecule has 4 heteroatoms. The summed E-state index contributed by atoms with van der Waals surface area (Å²) in [6.07, 6.45) is 0.984. The Labute approximate surface area is 132 Å². The van der Waals surface area contributed by atoms with Gasteiger partial charge in [0.15, 0.2) is 0 Å². The Morgan fingerprint density at radius 1 is 1.14 bits per heavy atom. The summed E-state index contributed by atoms with van der Waals surface area (Å²) in [5.74, 6) is -0.843. The lowest BCUT2D eigenvalue weighted by Crippen LogP contribution is -2.27. The highest BCUT2D eigenvalue weighted by atomic mass is 79.9. The van der Waals surface area contributed by atoms with Gasteiger partial charge in [0.05, 0.1) is 10.0 Å². The molecular formula is C17H17BrFNO. The Morgan fingerprint density at radius 2 is 1.76 bits per heavy atom. The molecule has 2 nitrogen and oxygen atoms in total. The van der Waals surface area contributed by atoms with Crippen molar-refractivity contribution in [2.24, 2.45) is 0 Å². The largest absolute Gasteiger partial charge is 0.337 e. The first-order chi connectivity index (χ1) is 10.0. The molecule has 0 aromatic heterocycles. The lowest BCUT2D eigenvalue weighted by molar-refractivity contribution is 0.0780. The number of carbonyl (C=O) groups is 1. The van der Waals surface area contributed by atoms with Crippen molar-refractivity contribution in [3.63, 3.8) is 0 Å². The highest BCUT2D eigenvalue weighted by Gasteiger charge is 2.17. The Hall–Kier alpha value is -1.68.